The predicted octanol–water partition coefficient (Wildman–Crippen LogP) is 4.47. The van der Waals surface area contributed by atoms with Gasteiger partial charge >= 0.3 is 0 Å². The van der Waals surface area contributed by atoms with Gasteiger partial charge in [-0.1, -0.05) is 29.3 Å². The monoisotopic (exact) mass is 513 g/mol. The molecule has 10 heteroatoms. The highest BCUT2D eigenvalue weighted by Crippen LogP contribution is 2.42. The number of ketones is 1. The summed E-state index contributed by atoms with van der Waals surface area (Å²) in [6.07, 6.45) is 5.76. The zero-order chi connectivity index (χ0) is 24.5. The smallest absolute Gasteiger partial charge is 0.295 e. The number of rotatable bonds is 6. The molecule has 1 aromatic heterocycles. The SMILES string of the molecule is O=C1C(=O)N(CCCn2ccnc2)[C@@H](c2ccc(Cl)c(Cl)c2)C1=C(O)c1ccc2c(c1)OCCO2. The Morgan fingerprint density at radius 2 is 1.83 bits per heavy atom. The maximum absolute atomic E-state index is 13.2. The lowest BCUT2D eigenvalue weighted by molar-refractivity contribution is -0.139. The number of halogens is 2. The Hall–Kier alpha value is -3.49. The van der Waals surface area contributed by atoms with Gasteiger partial charge < -0.3 is 24.0 Å². The lowest BCUT2D eigenvalue weighted by atomic mass is 9.95. The van der Waals surface area contributed by atoms with Gasteiger partial charge in [-0.2, -0.15) is 0 Å². The average Bonchev–Trinajstić information content (AvgIpc) is 3.47. The van der Waals surface area contributed by atoms with E-state index in [4.69, 9.17) is 32.7 Å². The molecule has 0 radical (unpaired) electrons. The van der Waals surface area contributed by atoms with Crippen LogP contribution in [0.2, 0.25) is 10.0 Å². The number of benzene rings is 2. The van der Waals surface area contributed by atoms with Crippen LogP contribution in [-0.2, 0) is 16.1 Å². The fourth-order valence-electron chi connectivity index (χ4n) is 4.33. The second-order valence-corrected chi connectivity index (χ2v) is 8.99. The Morgan fingerprint density at radius 3 is 2.57 bits per heavy atom. The van der Waals surface area contributed by atoms with Gasteiger partial charge in [-0.25, -0.2) is 4.98 Å². The van der Waals surface area contributed by atoms with Crippen LogP contribution in [0, 0.1) is 0 Å². The normalized spacial score (nSPS) is 18.8. The molecule has 2 aromatic carbocycles. The average molecular weight is 514 g/mol. The molecule has 180 valence electrons. The van der Waals surface area contributed by atoms with Crippen LogP contribution in [0.1, 0.15) is 23.6 Å². The van der Waals surface area contributed by atoms with Crippen molar-refractivity contribution in [3.63, 3.8) is 0 Å². The number of imidazole rings is 1. The number of aliphatic hydroxyl groups excluding tert-OH is 1. The Bertz CT molecular complexity index is 1320. The molecular formula is C25H21Cl2N3O5. The number of aryl methyl sites for hydroxylation is 1. The molecule has 0 bridgehead atoms. The maximum Gasteiger partial charge on any atom is 0.295 e. The summed E-state index contributed by atoms with van der Waals surface area (Å²) < 4.78 is 13.0. The van der Waals surface area contributed by atoms with Crippen molar-refractivity contribution >= 4 is 40.7 Å². The van der Waals surface area contributed by atoms with E-state index < -0.39 is 17.7 Å². The van der Waals surface area contributed by atoms with Crippen LogP contribution in [0.5, 0.6) is 11.5 Å². The molecule has 0 spiro atoms. The van der Waals surface area contributed by atoms with Gasteiger partial charge in [0.25, 0.3) is 11.7 Å². The number of hydrogen-bond acceptors (Lipinski definition) is 6. The van der Waals surface area contributed by atoms with Gasteiger partial charge in [-0.15, -0.1) is 0 Å². The summed E-state index contributed by atoms with van der Waals surface area (Å²) in [7, 11) is 0. The third-order valence-electron chi connectivity index (χ3n) is 5.99. The zero-order valence-corrected chi connectivity index (χ0v) is 20.0. The first-order valence-corrected chi connectivity index (χ1v) is 11.8. The molecule has 8 nitrogen and oxygen atoms in total. The molecule has 35 heavy (non-hydrogen) atoms. The number of fused-ring (bicyclic) bond motifs is 1. The fourth-order valence-corrected chi connectivity index (χ4v) is 4.63. The Labute approximate surface area is 211 Å². The number of nitrogens with zero attached hydrogens (tertiary/aromatic N) is 3. The standard InChI is InChI=1S/C25H21Cl2N3O5/c26-17-4-2-15(12-18(17)27)22-21(23(31)16-3-5-19-20(13-16)35-11-10-34-19)24(32)25(33)30(22)8-1-7-29-9-6-28-14-29/h2-6,9,12-14,22,31H,1,7-8,10-11H2/t22-/m0/s1. The molecule has 1 N–H and O–H groups in total. The highest BCUT2D eigenvalue weighted by molar-refractivity contribution is 6.46. The van der Waals surface area contributed by atoms with E-state index in [9.17, 15) is 14.7 Å². The molecule has 0 unspecified atom stereocenters. The topological polar surface area (TPSA) is 93.9 Å². The first-order chi connectivity index (χ1) is 16.9. The van der Waals surface area contributed by atoms with E-state index in [1.807, 2.05) is 10.8 Å². The summed E-state index contributed by atoms with van der Waals surface area (Å²) >= 11 is 12.4. The van der Waals surface area contributed by atoms with Crippen molar-refractivity contribution in [1.82, 2.24) is 14.5 Å². The minimum atomic E-state index is -0.833. The van der Waals surface area contributed by atoms with Gasteiger partial charge in [0.05, 0.1) is 28.0 Å². The number of likely N-dealkylation sites (tertiary alicyclic amines) is 1. The summed E-state index contributed by atoms with van der Waals surface area (Å²) in [6.45, 7) is 1.70. The van der Waals surface area contributed by atoms with Crippen LogP contribution in [0.25, 0.3) is 5.76 Å². The molecule has 1 saturated heterocycles. The summed E-state index contributed by atoms with van der Waals surface area (Å²) in [4.78, 5) is 31.8. The lowest BCUT2D eigenvalue weighted by Crippen LogP contribution is -2.31. The maximum atomic E-state index is 13.2. The first kappa shape index (κ1) is 23.3. The van der Waals surface area contributed by atoms with E-state index >= 15 is 0 Å². The number of Topliss-reactive ketones (excluding diaryl/α,β-unsaturated/α-hetero) is 1. The molecule has 3 heterocycles. The molecular weight excluding hydrogens is 493 g/mol. The first-order valence-electron chi connectivity index (χ1n) is 11.0. The van der Waals surface area contributed by atoms with Gasteiger partial charge in [0.2, 0.25) is 0 Å². The minimum absolute atomic E-state index is 0.0207. The number of aromatic nitrogens is 2. The van der Waals surface area contributed by atoms with Crippen LogP contribution in [-0.4, -0.2) is 51.0 Å². The zero-order valence-electron chi connectivity index (χ0n) is 18.5. The van der Waals surface area contributed by atoms with Crippen molar-refractivity contribution in [2.45, 2.75) is 19.0 Å². The van der Waals surface area contributed by atoms with Gasteiger partial charge in [0.1, 0.15) is 19.0 Å². The van der Waals surface area contributed by atoms with E-state index in [0.717, 1.165) is 0 Å². The number of carbonyl (C=O) groups is 2. The minimum Gasteiger partial charge on any atom is -0.507 e. The summed E-state index contributed by atoms with van der Waals surface area (Å²) in [6, 6.07) is 8.98. The van der Waals surface area contributed by atoms with Gasteiger partial charge in [-0.3, -0.25) is 9.59 Å². The second kappa shape index (κ2) is 9.64. The van der Waals surface area contributed by atoms with Crippen molar-refractivity contribution in [2.24, 2.45) is 0 Å². The van der Waals surface area contributed by atoms with Crippen molar-refractivity contribution in [2.75, 3.05) is 19.8 Å². The molecule has 1 amide bonds. The second-order valence-electron chi connectivity index (χ2n) is 8.18. The Morgan fingerprint density at radius 1 is 1.03 bits per heavy atom. The van der Waals surface area contributed by atoms with Crippen molar-refractivity contribution in [1.29, 1.82) is 0 Å². The van der Waals surface area contributed by atoms with E-state index in [-0.39, 0.29) is 22.9 Å². The van der Waals surface area contributed by atoms with Crippen LogP contribution in [0.15, 0.2) is 60.7 Å². The van der Waals surface area contributed by atoms with Gasteiger partial charge in [0, 0.05) is 31.0 Å². The highest BCUT2D eigenvalue weighted by Gasteiger charge is 2.46. The number of aliphatic hydroxyl groups is 1. The summed E-state index contributed by atoms with van der Waals surface area (Å²) in [5.41, 5.74) is 0.892. The quantitative estimate of drug-likeness (QED) is 0.296. The molecule has 2 aliphatic heterocycles. The predicted molar refractivity (Wildman–Crippen MR) is 130 cm³/mol. The Kier molecular flexibility index (Phi) is 6.40. The molecule has 3 aromatic rings. The number of amides is 1. The number of carbonyl (C=O) groups excluding carboxylic acids is 2. The highest BCUT2D eigenvalue weighted by atomic mass is 35.5. The van der Waals surface area contributed by atoms with Crippen LogP contribution in [0.4, 0.5) is 0 Å². The number of hydrogen-bond donors (Lipinski definition) is 1. The molecule has 0 saturated carbocycles. The third-order valence-corrected chi connectivity index (χ3v) is 6.73. The van der Waals surface area contributed by atoms with E-state index in [0.29, 0.717) is 53.8 Å². The van der Waals surface area contributed by atoms with Crippen molar-refractivity contribution in [3.8, 4) is 11.5 Å². The molecule has 2 aliphatic rings. The molecule has 1 atom stereocenters. The van der Waals surface area contributed by atoms with Gasteiger partial charge in [-0.05, 0) is 42.3 Å². The Balaban J connectivity index is 1.55. The van der Waals surface area contributed by atoms with Crippen LogP contribution in [0.3, 0.4) is 0 Å². The summed E-state index contributed by atoms with van der Waals surface area (Å²) in [5.74, 6) is -0.745. The largest absolute Gasteiger partial charge is 0.507 e. The van der Waals surface area contributed by atoms with E-state index in [1.165, 1.54) is 4.90 Å². The van der Waals surface area contributed by atoms with E-state index in [2.05, 4.69) is 4.98 Å². The van der Waals surface area contributed by atoms with Crippen LogP contribution < -0.4 is 9.47 Å². The fraction of sp³-hybridized carbons (Fsp3) is 0.240. The van der Waals surface area contributed by atoms with Crippen molar-refractivity contribution < 1.29 is 24.2 Å². The molecule has 0 aliphatic carbocycles. The summed E-state index contributed by atoms with van der Waals surface area (Å²) in [5, 5.41) is 11.9. The molecule has 5 rings (SSSR count). The number of ether oxygens (including phenoxy) is 2. The van der Waals surface area contributed by atoms with Gasteiger partial charge in [0.15, 0.2) is 11.5 Å². The van der Waals surface area contributed by atoms with Crippen LogP contribution >= 0.6 is 23.2 Å². The molecule has 1 fully saturated rings. The van der Waals surface area contributed by atoms with E-state index in [1.54, 1.807) is 48.9 Å². The third kappa shape index (κ3) is 4.47. The lowest BCUT2D eigenvalue weighted by Gasteiger charge is -2.26. The van der Waals surface area contributed by atoms with Crippen molar-refractivity contribution in [3.05, 3.63) is 81.9 Å².